The lowest BCUT2D eigenvalue weighted by atomic mass is 9.89. The third-order valence-corrected chi connectivity index (χ3v) is 5.14. The lowest BCUT2D eigenvalue weighted by Crippen LogP contribution is -2.38. The van der Waals surface area contributed by atoms with Crippen molar-refractivity contribution >= 4 is 5.69 Å². The van der Waals surface area contributed by atoms with Gasteiger partial charge in [0.15, 0.2) is 0 Å². The van der Waals surface area contributed by atoms with Crippen molar-refractivity contribution in [2.24, 2.45) is 0 Å². The fraction of sp³-hybridized carbons (Fsp3) is 0.400. The summed E-state index contributed by atoms with van der Waals surface area (Å²) >= 11 is 0. The quantitative estimate of drug-likeness (QED) is 0.878. The van der Waals surface area contributed by atoms with Gasteiger partial charge in [-0.1, -0.05) is 18.2 Å². The summed E-state index contributed by atoms with van der Waals surface area (Å²) in [5, 5.41) is 3.42. The van der Waals surface area contributed by atoms with Gasteiger partial charge in [0.25, 0.3) is 0 Å². The molecule has 2 aromatic rings. The maximum absolute atomic E-state index is 12.8. The van der Waals surface area contributed by atoms with Gasteiger partial charge >= 0.3 is 6.18 Å². The molecule has 6 heteroatoms. The van der Waals surface area contributed by atoms with Crippen molar-refractivity contribution in [2.75, 3.05) is 37.7 Å². The summed E-state index contributed by atoms with van der Waals surface area (Å²) in [6, 6.07) is 9.64. The highest BCUT2D eigenvalue weighted by Crippen LogP contribution is 2.36. The topological polar surface area (TPSA) is 24.5 Å². The van der Waals surface area contributed by atoms with Gasteiger partial charge in [-0.25, -0.2) is 0 Å². The molecule has 0 aromatic heterocycles. The Morgan fingerprint density at radius 3 is 2.35 bits per heavy atom. The van der Waals surface area contributed by atoms with Crippen LogP contribution < -0.4 is 10.2 Å². The summed E-state index contributed by atoms with van der Waals surface area (Å²) in [7, 11) is 0. The van der Waals surface area contributed by atoms with Gasteiger partial charge < -0.3 is 15.0 Å². The van der Waals surface area contributed by atoms with Crippen LogP contribution in [0, 0.1) is 0 Å². The van der Waals surface area contributed by atoms with Crippen molar-refractivity contribution < 1.29 is 17.9 Å². The molecule has 4 rings (SSSR count). The fourth-order valence-corrected chi connectivity index (χ4v) is 3.80. The second-order valence-corrected chi connectivity index (χ2v) is 6.69. The molecule has 0 radical (unpaired) electrons. The van der Waals surface area contributed by atoms with Crippen molar-refractivity contribution in [3.8, 4) is 11.1 Å². The van der Waals surface area contributed by atoms with E-state index in [0.29, 0.717) is 0 Å². The zero-order valence-corrected chi connectivity index (χ0v) is 14.4. The molecule has 1 N–H and O–H groups in total. The minimum absolute atomic E-state index is 0.610. The normalized spacial score (nSPS) is 17.9. The van der Waals surface area contributed by atoms with Crippen molar-refractivity contribution in [2.45, 2.75) is 19.1 Å². The van der Waals surface area contributed by atoms with E-state index >= 15 is 0 Å². The molecule has 0 atom stereocenters. The molecule has 3 nitrogen and oxygen atoms in total. The molecule has 2 aromatic carbocycles. The van der Waals surface area contributed by atoms with Gasteiger partial charge in [0.05, 0.1) is 18.8 Å². The molecule has 0 aliphatic carbocycles. The van der Waals surface area contributed by atoms with Gasteiger partial charge in [0, 0.05) is 25.3 Å². The first-order valence-corrected chi connectivity index (χ1v) is 8.90. The van der Waals surface area contributed by atoms with Gasteiger partial charge in [-0.3, -0.25) is 0 Å². The van der Waals surface area contributed by atoms with E-state index in [1.54, 1.807) is 12.1 Å². The molecule has 0 bridgehead atoms. The van der Waals surface area contributed by atoms with E-state index in [0.717, 1.165) is 56.9 Å². The molecule has 26 heavy (non-hydrogen) atoms. The Kier molecular flexibility index (Phi) is 4.63. The number of benzene rings is 2. The van der Waals surface area contributed by atoms with Crippen LogP contribution in [-0.2, 0) is 23.9 Å². The lowest BCUT2D eigenvalue weighted by Gasteiger charge is -2.33. The smallest absolute Gasteiger partial charge is 0.378 e. The van der Waals surface area contributed by atoms with Gasteiger partial charge in [0.2, 0.25) is 0 Å². The number of ether oxygens (including phenoxy) is 1. The molecule has 1 fully saturated rings. The van der Waals surface area contributed by atoms with E-state index in [9.17, 15) is 13.2 Å². The van der Waals surface area contributed by atoms with E-state index in [1.807, 2.05) is 0 Å². The number of alkyl halides is 3. The molecule has 0 unspecified atom stereocenters. The van der Waals surface area contributed by atoms with Crippen molar-refractivity contribution in [1.29, 1.82) is 0 Å². The van der Waals surface area contributed by atoms with Gasteiger partial charge in [-0.05, 0) is 53.4 Å². The Balaban J connectivity index is 1.73. The SMILES string of the molecule is FC(F)(F)c1ccc(-c2ccc(N3CCOCC3)c3c2CCNC3)cc1. The summed E-state index contributed by atoms with van der Waals surface area (Å²) in [5.74, 6) is 0. The summed E-state index contributed by atoms with van der Waals surface area (Å²) in [4.78, 5) is 2.34. The molecule has 0 amide bonds. The average molecular weight is 362 g/mol. The molecule has 138 valence electrons. The predicted molar refractivity (Wildman–Crippen MR) is 95.3 cm³/mol. The van der Waals surface area contributed by atoms with Crippen molar-refractivity contribution in [1.82, 2.24) is 5.32 Å². The number of nitrogens with one attached hydrogen (secondary N) is 1. The third kappa shape index (κ3) is 3.31. The zero-order valence-electron chi connectivity index (χ0n) is 14.4. The Bertz CT molecular complexity index is 781. The third-order valence-electron chi connectivity index (χ3n) is 5.14. The zero-order chi connectivity index (χ0) is 18.1. The van der Waals surface area contributed by atoms with Gasteiger partial charge in [-0.2, -0.15) is 13.2 Å². The Morgan fingerprint density at radius 1 is 0.923 bits per heavy atom. The first-order chi connectivity index (χ1) is 12.5. The molecule has 2 aliphatic heterocycles. The molecular weight excluding hydrogens is 341 g/mol. The van der Waals surface area contributed by atoms with E-state index in [-0.39, 0.29) is 0 Å². The van der Waals surface area contributed by atoms with E-state index in [2.05, 4.69) is 22.3 Å². The Hall–Kier alpha value is -2.05. The van der Waals surface area contributed by atoms with Crippen LogP contribution in [0.1, 0.15) is 16.7 Å². The second kappa shape index (κ2) is 6.93. The van der Waals surface area contributed by atoms with Crippen LogP contribution in [-0.4, -0.2) is 32.8 Å². The molecule has 0 saturated carbocycles. The molecule has 2 heterocycles. The number of morpholine rings is 1. The minimum atomic E-state index is -4.30. The average Bonchev–Trinajstić information content (AvgIpc) is 2.67. The van der Waals surface area contributed by atoms with Crippen LogP contribution in [0.25, 0.3) is 11.1 Å². The van der Waals surface area contributed by atoms with Crippen LogP contribution in [0.5, 0.6) is 0 Å². The van der Waals surface area contributed by atoms with Crippen LogP contribution >= 0.6 is 0 Å². The van der Waals surface area contributed by atoms with Gasteiger partial charge in [-0.15, -0.1) is 0 Å². The summed E-state index contributed by atoms with van der Waals surface area (Å²) in [6.45, 7) is 4.85. The minimum Gasteiger partial charge on any atom is -0.378 e. The predicted octanol–water partition coefficient (Wildman–Crippen LogP) is 3.85. The molecule has 1 saturated heterocycles. The highest BCUT2D eigenvalue weighted by molar-refractivity contribution is 5.74. The highest BCUT2D eigenvalue weighted by Gasteiger charge is 2.30. The largest absolute Gasteiger partial charge is 0.416 e. The number of fused-ring (bicyclic) bond motifs is 1. The number of hydrogen-bond donors (Lipinski definition) is 1. The maximum atomic E-state index is 12.8. The maximum Gasteiger partial charge on any atom is 0.416 e. The second-order valence-electron chi connectivity index (χ2n) is 6.69. The molecular formula is C20H21F3N2O. The van der Waals surface area contributed by atoms with E-state index in [4.69, 9.17) is 4.74 Å². The fourth-order valence-electron chi connectivity index (χ4n) is 3.80. The van der Waals surface area contributed by atoms with E-state index in [1.165, 1.54) is 28.9 Å². The van der Waals surface area contributed by atoms with Crippen LogP contribution in [0.4, 0.5) is 18.9 Å². The number of rotatable bonds is 2. The van der Waals surface area contributed by atoms with Crippen LogP contribution in [0.15, 0.2) is 36.4 Å². The Morgan fingerprint density at radius 2 is 1.65 bits per heavy atom. The summed E-state index contributed by atoms with van der Waals surface area (Å²) < 4.78 is 43.9. The van der Waals surface area contributed by atoms with Crippen LogP contribution in [0.2, 0.25) is 0 Å². The van der Waals surface area contributed by atoms with Crippen LogP contribution in [0.3, 0.4) is 0 Å². The lowest BCUT2D eigenvalue weighted by molar-refractivity contribution is -0.137. The number of anilines is 1. The Labute approximate surface area is 150 Å². The number of hydrogen-bond acceptors (Lipinski definition) is 3. The molecule has 2 aliphatic rings. The monoisotopic (exact) mass is 362 g/mol. The number of halogens is 3. The highest BCUT2D eigenvalue weighted by atomic mass is 19.4. The first-order valence-electron chi connectivity index (χ1n) is 8.90. The molecule has 0 spiro atoms. The standard InChI is InChI=1S/C20H21F3N2O/c21-20(22,23)15-3-1-14(2-4-15)16-5-6-19(25-9-11-26-12-10-25)18-13-24-8-7-17(16)18/h1-6,24H,7-13H2. The summed E-state index contributed by atoms with van der Waals surface area (Å²) in [6.07, 6.45) is -3.42. The number of nitrogens with zero attached hydrogens (tertiary/aromatic N) is 1. The first kappa shape index (κ1) is 17.4. The van der Waals surface area contributed by atoms with Crippen molar-refractivity contribution in [3.63, 3.8) is 0 Å². The van der Waals surface area contributed by atoms with Crippen molar-refractivity contribution in [3.05, 3.63) is 53.1 Å². The summed E-state index contributed by atoms with van der Waals surface area (Å²) in [5.41, 5.74) is 4.98. The van der Waals surface area contributed by atoms with Gasteiger partial charge in [0.1, 0.15) is 0 Å². The van der Waals surface area contributed by atoms with E-state index < -0.39 is 11.7 Å².